The monoisotopic (exact) mass is 342 g/mol. The summed E-state index contributed by atoms with van der Waals surface area (Å²) in [5.41, 5.74) is 1.53. The number of nitrogens with one attached hydrogen (secondary N) is 3. The maximum absolute atomic E-state index is 12.4. The van der Waals surface area contributed by atoms with Gasteiger partial charge in [-0.15, -0.1) is 11.3 Å². The fourth-order valence-electron chi connectivity index (χ4n) is 2.70. The summed E-state index contributed by atoms with van der Waals surface area (Å²) in [7, 11) is 0. The third-order valence-corrected chi connectivity index (χ3v) is 4.81. The molecule has 0 spiro atoms. The first-order chi connectivity index (χ1) is 11.7. The SMILES string of the molecule is O=C(Nc1cc(-c2cccs2)[nH]n1)[C@@H]1CC(=O)N(c2cn[nH]c2)C1. The number of aromatic nitrogens is 4. The summed E-state index contributed by atoms with van der Waals surface area (Å²) in [6, 6.07) is 5.71. The first-order valence-corrected chi connectivity index (χ1v) is 8.28. The van der Waals surface area contributed by atoms with Crippen LogP contribution in [0.25, 0.3) is 10.6 Å². The van der Waals surface area contributed by atoms with Crippen LogP contribution in [0.2, 0.25) is 0 Å². The lowest BCUT2D eigenvalue weighted by Crippen LogP contribution is -2.27. The predicted octanol–water partition coefficient (Wildman–Crippen LogP) is 1.85. The van der Waals surface area contributed by atoms with E-state index in [1.165, 1.54) is 0 Å². The molecule has 0 radical (unpaired) electrons. The molecule has 8 nitrogen and oxygen atoms in total. The minimum Gasteiger partial charge on any atom is -0.309 e. The molecule has 1 aliphatic heterocycles. The zero-order valence-corrected chi connectivity index (χ0v) is 13.3. The van der Waals surface area contributed by atoms with Gasteiger partial charge in [0.2, 0.25) is 11.8 Å². The molecular formula is C15H14N6O2S. The number of nitrogens with zero attached hydrogens (tertiary/aromatic N) is 3. The molecule has 0 aromatic carbocycles. The largest absolute Gasteiger partial charge is 0.309 e. The van der Waals surface area contributed by atoms with Gasteiger partial charge in [0, 0.05) is 25.2 Å². The van der Waals surface area contributed by atoms with Crippen molar-refractivity contribution in [2.75, 3.05) is 16.8 Å². The van der Waals surface area contributed by atoms with Crippen LogP contribution in [0.5, 0.6) is 0 Å². The molecule has 3 aromatic heterocycles. The highest BCUT2D eigenvalue weighted by Crippen LogP contribution is 2.27. The van der Waals surface area contributed by atoms with Crippen molar-refractivity contribution in [3.05, 3.63) is 36.0 Å². The normalized spacial score (nSPS) is 17.4. The van der Waals surface area contributed by atoms with E-state index in [2.05, 4.69) is 25.7 Å². The first kappa shape index (κ1) is 14.6. The highest BCUT2D eigenvalue weighted by atomic mass is 32.1. The maximum atomic E-state index is 12.4. The van der Waals surface area contributed by atoms with Crippen LogP contribution in [0, 0.1) is 5.92 Å². The molecule has 3 N–H and O–H groups in total. The van der Waals surface area contributed by atoms with E-state index in [0.29, 0.717) is 18.1 Å². The Bertz CT molecular complexity index is 855. The standard InChI is InChI=1S/C15H14N6O2S/c22-14-4-9(8-21(14)10-6-16-17-7-10)15(23)18-13-5-11(19-20-13)12-2-1-3-24-12/h1-3,5-7,9H,4,8H2,(H,16,17)(H2,18,19,20,23)/t9-/m1/s1. The number of carbonyl (C=O) groups excluding carboxylic acids is 2. The fraction of sp³-hybridized carbons (Fsp3) is 0.200. The number of H-pyrrole nitrogens is 2. The van der Waals surface area contributed by atoms with Crippen molar-refractivity contribution in [3.63, 3.8) is 0 Å². The van der Waals surface area contributed by atoms with Crippen LogP contribution in [-0.4, -0.2) is 38.8 Å². The summed E-state index contributed by atoms with van der Waals surface area (Å²) in [5, 5.41) is 18.3. The second kappa shape index (κ2) is 5.93. The molecule has 0 unspecified atom stereocenters. The van der Waals surface area contributed by atoms with Gasteiger partial charge >= 0.3 is 0 Å². The van der Waals surface area contributed by atoms with Gasteiger partial charge in [0.15, 0.2) is 5.82 Å². The molecule has 0 aliphatic carbocycles. The zero-order chi connectivity index (χ0) is 16.5. The van der Waals surface area contributed by atoms with Gasteiger partial charge < -0.3 is 10.2 Å². The van der Waals surface area contributed by atoms with Crippen LogP contribution >= 0.6 is 11.3 Å². The number of carbonyl (C=O) groups is 2. The van der Waals surface area contributed by atoms with Crippen LogP contribution in [0.3, 0.4) is 0 Å². The predicted molar refractivity (Wildman–Crippen MR) is 89.6 cm³/mol. The Balaban J connectivity index is 1.43. The van der Waals surface area contributed by atoms with Crippen molar-refractivity contribution < 1.29 is 9.59 Å². The summed E-state index contributed by atoms with van der Waals surface area (Å²) >= 11 is 1.59. The molecule has 122 valence electrons. The third-order valence-electron chi connectivity index (χ3n) is 3.91. The molecule has 0 saturated carbocycles. The van der Waals surface area contributed by atoms with Crippen molar-refractivity contribution >= 4 is 34.7 Å². The van der Waals surface area contributed by atoms with Crippen LogP contribution in [-0.2, 0) is 9.59 Å². The Morgan fingerprint density at radius 2 is 2.38 bits per heavy atom. The number of rotatable bonds is 4. The van der Waals surface area contributed by atoms with Crippen LogP contribution in [0.1, 0.15) is 6.42 Å². The Kier molecular flexibility index (Phi) is 3.62. The van der Waals surface area contributed by atoms with Gasteiger partial charge in [-0.3, -0.25) is 19.8 Å². The van der Waals surface area contributed by atoms with E-state index in [-0.39, 0.29) is 18.2 Å². The minimum atomic E-state index is -0.408. The summed E-state index contributed by atoms with van der Waals surface area (Å²) in [5.74, 6) is -0.247. The van der Waals surface area contributed by atoms with Crippen molar-refractivity contribution in [3.8, 4) is 10.6 Å². The van der Waals surface area contributed by atoms with Crippen LogP contribution in [0.15, 0.2) is 36.0 Å². The fourth-order valence-corrected chi connectivity index (χ4v) is 3.39. The number of hydrogen-bond donors (Lipinski definition) is 3. The van der Waals surface area contributed by atoms with Crippen LogP contribution in [0.4, 0.5) is 11.5 Å². The Labute approximate surface area is 140 Å². The van der Waals surface area contributed by atoms with Crippen molar-refractivity contribution in [1.82, 2.24) is 20.4 Å². The van der Waals surface area contributed by atoms with Gasteiger partial charge in [-0.25, -0.2) is 0 Å². The second-order valence-corrected chi connectivity index (χ2v) is 6.44. The van der Waals surface area contributed by atoms with Crippen LogP contribution < -0.4 is 10.2 Å². The Hall–Kier alpha value is -2.94. The van der Waals surface area contributed by atoms with Gasteiger partial charge in [-0.05, 0) is 11.4 Å². The quantitative estimate of drug-likeness (QED) is 0.672. The highest BCUT2D eigenvalue weighted by molar-refractivity contribution is 7.13. The molecule has 4 rings (SSSR count). The van der Waals surface area contributed by atoms with E-state index >= 15 is 0 Å². The average molecular weight is 342 g/mol. The molecule has 4 heterocycles. The maximum Gasteiger partial charge on any atom is 0.231 e. The molecule has 1 atom stereocenters. The molecule has 9 heteroatoms. The molecule has 1 aliphatic rings. The van der Waals surface area contributed by atoms with E-state index < -0.39 is 5.92 Å². The highest BCUT2D eigenvalue weighted by Gasteiger charge is 2.35. The van der Waals surface area contributed by atoms with Crippen molar-refractivity contribution in [2.45, 2.75) is 6.42 Å². The summed E-state index contributed by atoms with van der Waals surface area (Å²) in [4.78, 5) is 27.1. The van der Waals surface area contributed by atoms with E-state index in [9.17, 15) is 9.59 Å². The van der Waals surface area contributed by atoms with E-state index in [1.807, 2.05) is 17.5 Å². The smallest absolute Gasteiger partial charge is 0.231 e. The number of amides is 2. The lowest BCUT2D eigenvalue weighted by atomic mass is 10.1. The number of aromatic amines is 2. The molecule has 1 saturated heterocycles. The molecule has 2 amide bonds. The molecule has 1 fully saturated rings. The Morgan fingerprint density at radius 1 is 1.46 bits per heavy atom. The molecule has 3 aromatic rings. The van der Waals surface area contributed by atoms with Gasteiger partial charge in [-0.1, -0.05) is 6.07 Å². The molecule has 24 heavy (non-hydrogen) atoms. The average Bonchev–Trinajstić information content (AvgIpc) is 3.34. The first-order valence-electron chi connectivity index (χ1n) is 7.40. The van der Waals surface area contributed by atoms with E-state index in [4.69, 9.17) is 0 Å². The Morgan fingerprint density at radius 3 is 3.12 bits per heavy atom. The van der Waals surface area contributed by atoms with E-state index in [0.717, 1.165) is 10.6 Å². The lowest BCUT2D eigenvalue weighted by Gasteiger charge is -2.13. The topological polar surface area (TPSA) is 107 Å². The molecular weight excluding hydrogens is 328 g/mol. The summed E-state index contributed by atoms with van der Waals surface area (Å²) in [6.45, 7) is 0.340. The van der Waals surface area contributed by atoms with Crippen molar-refractivity contribution in [1.29, 1.82) is 0 Å². The van der Waals surface area contributed by atoms with Gasteiger partial charge in [0.05, 0.1) is 28.4 Å². The minimum absolute atomic E-state index is 0.0853. The van der Waals surface area contributed by atoms with Crippen molar-refractivity contribution in [2.24, 2.45) is 5.92 Å². The lowest BCUT2D eigenvalue weighted by molar-refractivity contribution is -0.122. The molecule has 0 bridgehead atoms. The number of thiophene rings is 1. The van der Waals surface area contributed by atoms with Gasteiger partial charge in [-0.2, -0.15) is 10.2 Å². The van der Waals surface area contributed by atoms with Gasteiger partial charge in [0.25, 0.3) is 0 Å². The van der Waals surface area contributed by atoms with Gasteiger partial charge in [0.1, 0.15) is 0 Å². The van der Waals surface area contributed by atoms with E-state index in [1.54, 1.807) is 34.7 Å². The summed E-state index contributed by atoms with van der Waals surface area (Å²) < 4.78 is 0. The third kappa shape index (κ3) is 2.69. The number of hydrogen-bond acceptors (Lipinski definition) is 5. The summed E-state index contributed by atoms with van der Waals surface area (Å²) in [6.07, 6.45) is 3.39. The zero-order valence-electron chi connectivity index (χ0n) is 12.5. The number of anilines is 2. The second-order valence-electron chi connectivity index (χ2n) is 5.50.